The smallest absolute Gasteiger partial charge is 0.225 e. The average Bonchev–Trinajstić information content (AvgIpc) is 2.33. The molecule has 23 heavy (non-hydrogen) atoms. The van der Waals surface area contributed by atoms with Gasteiger partial charge in [-0.05, 0) is 43.6 Å². The van der Waals surface area contributed by atoms with Crippen molar-refractivity contribution in [1.82, 2.24) is 5.32 Å². The Morgan fingerprint density at radius 2 is 1.70 bits per heavy atom. The van der Waals surface area contributed by atoms with Gasteiger partial charge in [-0.1, -0.05) is 48.5 Å². The first kappa shape index (κ1) is 22.4. The maximum Gasteiger partial charge on any atom is 0.225 e. The van der Waals surface area contributed by atoms with Crippen molar-refractivity contribution >= 4 is 5.91 Å². The number of hydrogen-bond donors (Lipinski definition) is 2. The number of carbonyl (C=O) groups is 1. The minimum atomic E-state index is -0.416. The van der Waals surface area contributed by atoms with Crippen LogP contribution in [0.1, 0.15) is 74.7 Å². The molecule has 1 atom stereocenters. The molecule has 4 heteroatoms. The zero-order chi connectivity index (χ0) is 18.3. The molecule has 0 aliphatic carbocycles. The summed E-state index contributed by atoms with van der Waals surface area (Å²) in [6.07, 6.45) is 2.80. The molecule has 1 amide bonds. The van der Waals surface area contributed by atoms with Crippen LogP contribution in [0.2, 0.25) is 0 Å². The summed E-state index contributed by atoms with van der Waals surface area (Å²) in [5.74, 6) is 0.106. The zero-order valence-electron chi connectivity index (χ0n) is 16.7. The molecule has 0 aromatic carbocycles. The predicted octanol–water partition coefficient (Wildman–Crippen LogP) is 3.74. The summed E-state index contributed by atoms with van der Waals surface area (Å²) in [6.45, 7) is 19.0. The van der Waals surface area contributed by atoms with Crippen molar-refractivity contribution in [1.29, 1.82) is 0 Å². The van der Waals surface area contributed by atoms with E-state index in [4.69, 9.17) is 10.5 Å². The second-order valence-corrected chi connectivity index (χ2v) is 9.48. The van der Waals surface area contributed by atoms with Gasteiger partial charge in [0.25, 0.3) is 0 Å². The lowest BCUT2D eigenvalue weighted by Gasteiger charge is -2.34. The monoisotopic (exact) mass is 328 g/mol. The molecule has 1 unspecified atom stereocenters. The lowest BCUT2D eigenvalue weighted by atomic mass is 9.76. The molecule has 0 aliphatic heterocycles. The summed E-state index contributed by atoms with van der Waals surface area (Å²) in [5, 5.41) is 3.13. The van der Waals surface area contributed by atoms with Gasteiger partial charge in [-0.25, -0.2) is 0 Å². The summed E-state index contributed by atoms with van der Waals surface area (Å²) in [6, 6.07) is 0. The van der Waals surface area contributed by atoms with E-state index in [9.17, 15) is 4.79 Å². The summed E-state index contributed by atoms with van der Waals surface area (Å²) in [7, 11) is 0. The molecule has 3 N–H and O–H groups in total. The van der Waals surface area contributed by atoms with Crippen LogP contribution in [-0.2, 0) is 9.53 Å². The summed E-state index contributed by atoms with van der Waals surface area (Å²) < 4.78 is 5.72. The van der Waals surface area contributed by atoms with Crippen LogP contribution in [0.4, 0.5) is 0 Å². The van der Waals surface area contributed by atoms with Crippen molar-refractivity contribution < 1.29 is 9.53 Å². The minimum Gasteiger partial charge on any atom is -0.378 e. The molecule has 0 saturated carbocycles. The van der Waals surface area contributed by atoms with E-state index in [1.807, 2.05) is 20.8 Å². The molecule has 0 spiro atoms. The number of ether oxygens (including phenoxy) is 1. The highest BCUT2D eigenvalue weighted by molar-refractivity contribution is 5.81. The highest BCUT2D eigenvalue weighted by atomic mass is 16.5. The third kappa shape index (κ3) is 10.7. The second-order valence-electron chi connectivity index (χ2n) is 9.48. The summed E-state index contributed by atoms with van der Waals surface area (Å²) in [4.78, 5) is 12.5. The highest BCUT2D eigenvalue weighted by Gasteiger charge is 2.31. The van der Waals surface area contributed by atoms with Crippen LogP contribution in [0.3, 0.4) is 0 Å². The van der Waals surface area contributed by atoms with Crippen molar-refractivity contribution in [3.8, 4) is 0 Å². The molecule has 0 saturated heterocycles. The zero-order valence-corrected chi connectivity index (χ0v) is 16.7. The van der Waals surface area contributed by atoms with Gasteiger partial charge in [0.1, 0.15) is 0 Å². The largest absolute Gasteiger partial charge is 0.378 e. The second kappa shape index (κ2) is 9.03. The minimum absolute atomic E-state index is 0.0934. The summed E-state index contributed by atoms with van der Waals surface area (Å²) in [5.41, 5.74) is 5.45. The van der Waals surface area contributed by atoms with Gasteiger partial charge in [0.15, 0.2) is 0 Å². The number of carbonyl (C=O) groups excluding carboxylic acids is 1. The number of nitrogens with one attached hydrogen (secondary N) is 1. The summed E-state index contributed by atoms with van der Waals surface area (Å²) >= 11 is 0. The molecule has 4 nitrogen and oxygen atoms in total. The lowest BCUT2D eigenvalue weighted by Crippen LogP contribution is -2.43. The first-order valence-electron chi connectivity index (χ1n) is 8.89. The van der Waals surface area contributed by atoms with Crippen LogP contribution in [0.15, 0.2) is 0 Å². The van der Waals surface area contributed by atoms with Crippen molar-refractivity contribution in [3.05, 3.63) is 0 Å². The average molecular weight is 329 g/mol. The van der Waals surface area contributed by atoms with E-state index < -0.39 is 5.41 Å². The van der Waals surface area contributed by atoms with E-state index in [0.717, 1.165) is 12.8 Å². The van der Waals surface area contributed by atoms with Crippen LogP contribution in [0.5, 0.6) is 0 Å². The predicted molar refractivity (Wildman–Crippen MR) is 98.3 cm³/mol. The van der Waals surface area contributed by atoms with Crippen molar-refractivity contribution in [3.63, 3.8) is 0 Å². The number of amides is 1. The van der Waals surface area contributed by atoms with Crippen LogP contribution in [0.25, 0.3) is 0 Å². The van der Waals surface area contributed by atoms with Gasteiger partial charge in [0.2, 0.25) is 5.91 Å². The molecule has 0 fully saturated rings. The molecule has 0 aromatic rings. The number of rotatable bonds is 10. The molecule has 0 rings (SSSR count). The van der Waals surface area contributed by atoms with Crippen molar-refractivity contribution in [2.24, 2.45) is 22.0 Å². The normalized spacial score (nSPS) is 14.7. The first-order chi connectivity index (χ1) is 10.3. The van der Waals surface area contributed by atoms with E-state index in [-0.39, 0.29) is 22.8 Å². The Labute approximate surface area is 143 Å². The molecule has 0 heterocycles. The lowest BCUT2D eigenvalue weighted by molar-refractivity contribution is -0.131. The Morgan fingerprint density at radius 1 is 1.13 bits per heavy atom. The first-order valence-corrected chi connectivity index (χ1v) is 8.89. The van der Waals surface area contributed by atoms with Crippen molar-refractivity contribution in [2.45, 2.75) is 80.8 Å². The molecular weight excluding hydrogens is 288 g/mol. The standard InChI is InChI=1S/C19H40N2O2/c1-15(9-11-20)23-12-10-19(7,8)16(22)21-14-18(5,6)13-17(2,3)4/h15H,9-14,20H2,1-8H3,(H,21,22). The van der Waals surface area contributed by atoms with Gasteiger partial charge in [-0.2, -0.15) is 0 Å². The van der Waals surface area contributed by atoms with Crippen LogP contribution < -0.4 is 11.1 Å². The van der Waals surface area contributed by atoms with E-state index in [0.29, 0.717) is 26.1 Å². The van der Waals surface area contributed by atoms with Crippen LogP contribution >= 0.6 is 0 Å². The quantitative estimate of drug-likeness (QED) is 0.642. The van der Waals surface area contributed by atoms with Gasteiger partial charge < -0.3 is 15.8 Å². The SMILES string of the molecule is CC(CCN)OCCC(C)(C)C(=O)NCC(C)(C)CC(C)(C)C. The number of nitrogens with two attached hydrogens (primary N) is 1. The van der Waals surface area contributed by atoms with Crippen LogP contribution in [0, 0.1) is 16.2 Å². The molecule has 0 aromatic heterocycles. The number of hydrogen-bond acceptors (Lipinski definition) is 3. The van der Waals surface area contributed by atoms with E-state index in [1.165, 1.54) is 0 Å². The van der Waals surface area contributed by atoms with Gasteiger partial charge in [-0.3, -0.25) is 4.79 Å². The third-order valence-electron chi connectivity index (χ3n) is 4.05. The molecule has 0 radical (unpaired) electrons. The van der Waals surface area contributed by atoms with Crippen molar-refractivity contribution in [2.75, 3.05) is 19.7 Å². The fourth-order valence-corrected chi connectivity index (χ4v) is 3.00. The van der Waals surface area contributed by atoms with E-state index >= 15 is 0 Å². The fourth-order valence-electron chi connectivity index (χ4n) is 3.00. The van der Waals surface area contributed by atoms with Gasteiger partial charge >= 0.3 is 0 Å². The molecule has 138 valence electrons. The molecule has 0 bridgehead atoms. The van der Waals surface area contributed by atoms with Gasteiger partial charge in [-0.15, -0.1) is 0 Å². The van der Waals surface area contributed by atoms with Crippen LogP contribution in [-0.4, -0.2) is 31.7 Å². The Bertz CT molecular complexity index is 357. The Morgan fingerprint density at radius 3 is 2.17 bits per heavy atom. The van der Waals surface area contributed by atoms with Gasteiger partial charge in [0, 0.05) is 18.6 Å². The van der Waals surface area contributed by atoms with E-state index in [2.05, 4.69) is 39.9 Å². The maximum atomic E-state index is 12.5. The molecular formula is C19H40N2O2. The Kier molecular flexibility index (Phi) is 8.79. The molecule has 0 aliphatic rings. The fraction of sp³-hybridized carbons (Fsp3) is 0.947. The topological polar surface area (TPSA) is 64.3 Å². The van der Waals surface area contributed by atoms with E-state index in [1.54, 1.807) is 0 Å². The Hall–Kier alpha value is -0.610. The maximum absolute atomic E-state index is 12.5. The Balaban J connectivity index is 4.31. The third-order valence-corrected chi connectivity index (χ3v) is 4.05. The highest BCUT2D eigenvalue weighted by Crippen LogP contribution is 2.32. The van der Waals surface area contributed by atoms with Gasteiger partial charge in [0.05, 0.1) is 6.10 Å².